The van der Waals surface area contributed by atoms with Crippen molar-refractivity contribution in [3.63, 3.8) is 0 Å². The molecule has 0 aromatic rings. The lowest BCUT2D eigenvalue weighted by molar-refractivity contribution is -0.870. The molecule has 0 fully saturated rings. The molecule has 0 rings (SSSR count). The van der Waals surface area contributed by atoms with Crippen molar-refractivity contribution in [1.82, 2.24) is 0 Å². The lowest BCUT2D eigenvalue weighted by atomic mass is 10.1. The third-order valence-electron chi connectivity index (χ3n) is 7.91. The molecular formula is C39H74NO7P. The van der Waals surface area contributed by atoms with Gasteiger partial charge < -0.3 is 27.9 Å². The third kappa shape index (κ3) is 36.0. The van der Waals surface area contributed by atoms with Gasteiger partial charge in [0.25, 0.3) is 7.82 Å². The zero-order valence-electron chi connectivity index (χ0n) is 31.7. The van der Waals surface area contributed by atoms with Gasteiger partial charge in [-0.15, -0.1) is 0 Å². The molecule has 9 heteroatoms. The second-order valence-corrected chi connectivity index (χ2v) is 15.3. The first-order valence-electron chi connectivity index (χ1n) is 19.2. The van der Waals surface area contributed by atoms with Crippen molar-refractivity contribution in [3.8, 4) is 0 Å². The molecule has 0 N–H and O–H groups in total. The normalized spacial score (nSPS) is 14.4. The summed E-state index contributed by atoms with van der Waals surface area (Å²) in [6, 6.07) is 0. The summed E-state index contributed by atoms with van der Waals surface area (Å²) in [5, 5.41) is 0. The van der Waals surface area contributed by atoms with Crippen molar-refractivity contribution in [1.29, 1.82) is 0 Å². The fourth-order valence-electron chi connectivity index (χ4n) is 4.84. The van der Waals surface area contributed by atoms with E-state index in [1.807, 2.05) is 21.1 Å². The molecule has 2 atom stereocenters. The van der Waals surface area contributed by atoms with Crippen LogP contribution in [0.25, 0.3) is 0 Å². The maximum Gasteiger partial charge on any atom is 0.306 e. The van der Waals surface area contributed by atoms with Crippen LogP contribution < -0.4 is 4.89 Å². The second kappa shape index (κ2) is 32.9. The highest BCUT2D eigenvalue weighted by molar-refractivity contribution is 7.45. The molecular weight excluding hydrogens is 625 g/mol. The molecule has 0 saturated carbocycles. The van der Waals surface area contributed by atoms with Gasteiger partial charge in [-0.3, -0.25) is 9.36 Å². The van der Waals surface area contributed by atoms with Crippen LogP contribution >= 0.6 is 7.82 Å². The number of unbranched alkanes of at least 4 members (excludes halogenated alkanes) is 15. The van der Waals surface area contributed by atoms with Gasteiger partial charge in [0.05, 0.1) is 34.4 Å². The van der Waals surface area contributed by atoms with Crippen LogP contribution in [0.4, 0.5) is 0 Å². The van der Waals surface area contributed by atoms with E-state index in [2.05, 4.69) is 50.3 Å². The summed E-state index contributed by atoms with van der Waals surface area (Å²) in [7, 11) is 1.34. The van der Waals surface area contributed by atoms with Crippen molar-refractivity contribution in [2.24, 2.45) is 0 Å². The molecule has 0 aliphatic rings. The molecule has 0 aromatic heterocycles. The van der Waals surface area contributed by atoms with Crippen molar-refractivity contribution in [2.75, 3.05) is 54.1 Å². The average Bonchev–Trinajstić information content (AvgIpc) is 3.03. The highest BCUT2D eigenvalue weighted by Crippen LogP contribution is 2.38. The number of carbonyl (C=O) groups is 1. The molecule has 0 spiro atoms. The number of hydrogen-bond acceptors (Lipinski definition) is 7. The number of quaternary nitrogens is 1. The Labute approximate surface area is 295 Å². The SMILES string of the molecule is CCCC/C=C\C/C=C\CCCCCCCCOCC(COP(=O)([O-])OCC[N+](C)(C)C)OC(=O)CCCCCCC/C=C\CCCC. The third-order valence-corrected chi connectivity index (χ3v) is 8.88. The molecule has 0 aliphatic heterocycles. The molecule has 0 radical (unpaired) electrons. The van der Waals surface area contributed by atoms with Gasteiger partial charge in [-0.2, -0.15) is 0 Å². The van der Waals surface area contributed by atoms with Crippen molar-refractivity contribution >= 4 is 13.8 Å². The molecule has 0 aliphatic carbocycles. The van der Waals surface area contributed by atoms with Gasteiger partial charge in [0.15, 0.2) is 0 Å². The Morgan fingerprint density at radius 2 is 1.15 bits per heavy atom. The van der Waals surface area contributed by atoms with Gasteiger partial charge in [-0.05, 0) is 57.8 Å². The fourth-order valence-corrected chi connectivity index (χ4v) is 5.56. The van der Waals surface area contributed by atoms with Crippen LogP contribution in [0.2, 0.25) is 0 Å². The van der Waals surface area contributed by atoms with Crippen LogP contribution in [-0.2, 0) is 27.9 Å². The van der Waals surface area contributed by atoms with Gasteiger partial charge in [0, 0.05) is 13.0 Å². The van der Waals surface area contributed by atoms with Gasteiger partial charge in [0.1, 0.15) is 19.3 Å². The highest BCUT2D eigenvalue weighted by Gasteiger charge is 2.20. The van der Waals surface area contributed by atoms with Crippen LogP contribution in [0.1, 0.15) is 149 Å². The van der Waals surface area contributed by atoms with E-state index < -0.39 is 13.9 Å². The average molecular weight is 700 g/mol. The van der Waals surface area contributed by atoms with Crippen molar-refractivity contribution in [3.05, 3.63) is 36.5 Å². The summed E-state index contributed by atoms with van der Waals surface area (Å²) >= 11 is 0. The number of rotatable bonds is 35. The minimum absolute atomic E-state index is 0.0217. The van der Waals surface area contributed by atoms with Crippen LogP contribution in [0.5, 0.6) is 0 Å². The lowest BCUT2D eigenvalue weighted by Gasteiger charge is -2.28. The molecule has 282 valence electrons. The van der Waals surface area contributed by atoms with E-state index in [4.69, 9.17) is 18.5 Å². The Kier molecular flexibility index (Phi) is 32.0. The van der Waals surface area contributed by atoms with Gasteiger partial charge >= 0.3 is 5.97 Å². The maximum atomic E-state index is 12.6. The molecule has 0 saturated heterocycles. The minimum atomic E-state index is -4.52. The Morgan fingerprint density at radius 3 is 1.71 bits per heavy atom. The van der Waals surface area contributed by atoms with E-state index in [0.29, 0.717) is 24.1 Å². The van der Waals surface area contributed by atoms with E-state index in [1.54, 1.807) is 0 Å². The summed E-state index contributed by atoms with van der Waals surface area (Å²) in [6.07, 6.45) is 35.8. The van der Waals surface area contributed by atoms with Gasteiger partial charge in [0.2, 0.25) is 0 Å². The minimum Gasteiger partial charge on any atom is -0.756 e. The number of allylic oxidation sites excluding steroid dienone is 6. The molecule has 8 nitrogen and oxygen atoms in total. The first-order valence-corrected chi connectivity index (χ1v) is 20.7. The summed E-state index contributed by atoms with van der Waals surface area (Å²) < 4.78 is 34.4. The highest BCUT2D eigenvalue weighted by atomic mass is 31.2. The largest absolute Gasteiger partial charge is 0.756 e. The molecule has 48 heavy (non-hydrogen) atoms. The van der Waals surface area contributed by atoms with E-state index in [0.717, 1.165) is 64.2 Å². The monoisotopic (exact) mass is 700 g/mol. The van der Waals surface area contributed by atoms with E-state index in [-0.39, 0.29) is 25.8 Å². The number of likely N-dealkylation sites (N-methyl/N-ethyl adjacent to an activating group) is 1. The summed E-state index contributed by atoms with van der Waals surface area (Å²) in [6.45, 7) is 5.28. The molecule has 0 bridgehead atoms. The number of nitrogens with zero attached hydrogens (tertiary/aromatic N) is 1. The smallest absolute Gasteiger partial charge is 0.306 e. The van der Waals surface area contributed by atoms with E-state index in [1.165, 1.54) is 64.2 Å². The first-order chi connectivity index (χ1) is 23.1. The molecule has 2 unspecified atom stereocenters. The van der Waals surface area contributed by atoms with Crippen LogP contribution in [0.3, 0.4) is 0 Å². The summed E-state index contributed by atoms with van der Waals surface area (Å²) in [5.41, 5.74) is 0. The van der Waals surface area contributed by atoms with Crippen LogP contribution in [0.15, 0.2) is 36.5 Å². The number of phosphoric acid groups is 1. The zero-order valence-corrected chi connectivity index (χ0v) is 32.6. The molecule has 0 heterocycles. The quantitative estimate of drug-likeness (QED) is 0.0214. The van der Waals surface area contributed by atoms with Crippen molar-refractivity contribution in [2.45, 2.75) is 155 Å². The Bertz CT molecular complexity index is 869. The predicted octanol–water partition coefficient (Wildman–Crippen LogP) is 10.0. The van der Waals surface area contributed by atoms with Gasteiger partial charge in [-0.25, -0.2) is 0 Å². The second-order valence-electron chi connectivity index (χ2n) is 13.9. The predicted molar refractivity (Wildman–Crippen MR) is 199 cm³/mol. The van der Waals surface area contributed by atoms with E-state index >= 15 is 0 Å². The lowest BCUT2D eigenvalue weighted by Crippen LogP contribution is -2.37. The molecule has 0 amide bonds. The maximum absolute atomic E-state index is 12.6. The fraction of sp³-hybridized carbons (Fsp3) is 0.821. The van der Waals surface area contributed by atoms with Crippen LogP contribution in [0, 0.1) is 0 Å². The number of phosphoric ester groups is 1. The number of ether oxygens (including phenoxy) is 2. The van der Waals surface area contributed by atoms with E-state index in [9.17, 15) is 14.3 Å². The number of esters is 1. The number of hydrogen-bond donors (Lipinski definition) is 0. The summed E-state index contributed by atoms with van der Waals surface area (Å²) in [4.78, 5) is 24.9. The van der Waals surface area contributed by atoms with Gasteiger partial charge in [-0.1, -0.05) is 121 Å². The zero-order chi connectivity index (χ0) is 35.6. The first kappa shape index (κ1) is 46.7. The summed E-state index contributed by atoms with van der Waals surface area (Å²) in [5.74, 6) is -0.351. The number of carbonyl (C=O) groups excluding carboxylic acids is 1. The van der Waals surface area contributed by atoms with Crippen LogP contribution in [-0.4, -0.2) is 70.7 Å². The standard InChI is InChI=1S/C39H74NO7P/c1-6-8-10-12-14-16-18-19-20-21-23-25-27-29-31-34-44-36-38(37-46-48(42,43)45-35-33-40(3,4)5)47-39(41)32-30-28-26-24-22-17-15-13-11-9-7-2/h12-15,18-19,38H,6-11,16-17,20-37H2,1-5H3/b14-12-,15-13-,19-18-. The molecule has 0 aromatic carbocycles. The topological polar surface area (TPSA) is 94.1 Å². The van der Waals surface area contributed by atoms with Crippen molar-refractivity contribution < 1.29 is 37.3 Å². The Morgan fingerprint density at radius 1 is 0.646 bits per heavy atom. The Hall–Kier alpha value is -1.28. The Balaban J connectivity index is 4.32.